The van der Waals surface area contributed by atoms with Crippen LogP contribution in [-0.4, -0.2) is 16.9 Å². The molecule has 0 aliphatic carbocycles. The van der Waals surface area contributed by atoms with Crippen LogP contribution in [0.5, 0.6) is 5.75 Å². The highest BCUT2D eigenvalue weighted by Crippen LogP contribution is 2.32. The first-order valence-electron chi connectivity index (χ1n) is 6.19. The van der Waals surface area contributed by atoms with Crippen molar-refractivity contribution in [3.8, 4) is 5.75 Å². The number of ether oxygens (including phenoxy) is 1. The summed E-state index contributed by atoms with van der Waals surface area (Å²) in [7, 11) is 1.64. The average Bonchev–Trinajstić information content (AvgIpc) is 2.80. The molecule has 0 bridgehead atoms. The van der Waals surface area contributed by atoms with E-state index in [0.29, 0.717) is 0 Å². The Morgan fingerprint density at radius 1 is 1.47 bits per heavy atom. The van der Waals surface area contributed by atoms with E-state index >= 15 is 0 Å². The smallest absolute Gasteiger partial charge is 0.161 e. The zero-order valence-corrected chi connectivity index (χ0v) is 12.9. The fourth-order valence-electron chi connectivity index (χ4n) is 2.13. The van der Waals surface area contributed by atoms with Crippen molar-refractivity contribution in [3.63, 3.8) is 0 Å². The molecule has 19 heavy (non-hydrogen) atoms. The molecule has 102 valence electrons. The number of hydrogen-bond donors (Lipinski definition) is 1. The lowest BCUT2D eigenvalue weighted by Gasteiger charge is -2.17. The minimum Gasteiger partial charge on any atom is -0.493 e. The first kappa shape index (κ1) is 14.1. The van der Waals surface area contributed by atoms with Gasteiger partial charge in [-0.25, -0.2) is 0 Å². The van der Waals surface area contributed by atoms with Crippen molar-refractivity contribution >= 4 is 15.9 Å². The maximum atomic E-state index is 6.39. The van der Waals surface area contributed by atoms with Crippen LogP contribution in [-0.2, 0) is 6.54 Å². The third-order valence-electron chi connectivity index (χ3n) is 3.15. The second kappa shape index (κ2) is 5.75. The lowest BCUT2D eigenvalue weighted by atomic mass is 10.0. The summed E-state index contributed by atoms with van der Waals surface area (Å²) in [5.41, 5.74) is 9.51. The van der Waals surface area contributed by atoms with Crippen LogP contribution in [0.15, 0.2) is 28.9 Å². The number of halogens is 1. The first-order chi connectivity index (χ1) is 9.08. The molecular formula is C14H18BrN3O. The number of hydrogen-bond acceptors (Lipinski definition) is 3. The van der Waals surface area contributed by atoms with E-state index in [1.807, 2.05) is 17.7 Å². The predicted octanol–water partition coefficient (Wildman–Crippen LogP) is 3.03. The Kier molecular flexibility index (Phi) is 4.27. The van der Waals surface area contributed by atoms with E-state index in [4.69, 9.17) is 10.5 Å². The Hall–Kier alpha value is -1.33. The molecule has 0 fully saturated rings. The average molecular weight is 324 g/mol. The molecule has 2 N–H and O–H groups in total. The van der Waals surface area contributed by atoms with Gasteiger partial charge < -0.3 is 10.5 Å². The molecule has 0 amide bonds. The molecule has 0 saturated heterocycles. The minimum absolute atomic E-state index is 0.271. The maximum absolute atomic E-state index is 6.39. The van der Waals surface area contributed by atoms with E-state index in [9.17, 15) is 0 Å². The van der Waals surface area contributed by atoms with Crippen molar-refractivity contribution < 1.29 is 4.74 Å². The van der Waals surface area contributed by atoms with Gasteiger partial charge in [-0.2, -0.15) is 5.10 Å². The number of nitrogens with two attached hydrogens (primary N) is 1. The van der Waals surface area contributed by atoms with Gasteiger partial charge in [-0.15, -0.1) is 0 Å². The van der Waals surface area contributed by atoms with Crippen molar-refractivity contribution in [2.24, 2.45) is 5.73 Å². The third-order valence-corrected chi connectivity index (χ3v) is 3.84. The largest absolute Gasteiger partial charge is 0.493 e. The molecule has 0 saturated carbocycles. The van der Waals surface area contributed by atoms with Crippen molar-refractivity contribution in [2.75, 3.05) is 7.11 Å². The van der Waals surface area contributed by atoms with Gasteiger partial charge in [0.1, 0.15) is 5.69 Å². The number of aryl methyl sites for hydroxylation is 2. The van der Waals surface area contributed by atoms with Crippen LogP contribution in [0.4, 0.5) is 0 Å². The quantitative estimate of drug-likeness (QED) is 0.940. The normalized spacial score (nSPS) is 12.5. The Morgan fingerprint density at radius 2 is 2.21 bits per heavy atom. The Bertz CT molecular complexity index is 559. The first-order valence-corrected chi connectivity index (χ1v) is 6.99. The number of methoxy groups -OCH3 is 1. The van der Waals surface area contributed by atoms with Gasteiger partial charge in [-0.3, -0.25) is 4.68 Å². The Morgan fingerprint density at radius 3 is 2.79 bits per heavy atom. The van der Waals surface area contributed by atoms with E-state index in [0.717, 1.165) is 28.0 Å². The monoisotopic (exact) mass is 323 g/mol. The molecule has 1 atom stereocenters. The molecule has 1 unspecified atom stereocenters. The molecule has 1 aromatic carbocycles. The van der Waals surface area contributed by atoms with Crippen molar-refractivity contribution in [2.45, 2.75) is 26.4 Å². The van der Waals surface area contributed by atoms with Crippen LogP contribution in [0.2, 0.25) is 0 Å². The summed E-state index contributed by atoms with van der Waals surface area (Å²) in [6.45, 7) is 4.85. The summed E-state index contributed by atoms with van der Waals surface area (Å²) in [6, 6.07) is 5.89. The highest BCUT2D eigenvalue weighted by atomic mass is 79.9. The van der Waals surface area contributed by atoms with Gasteiger partial charge in [0, 0.05) is 11.0 Å². The second-order valence-corrected chi connectivity index (χ2v) is 5.27. The summed E-state index contributed by atoms with van der Waals surface area (Å²) in [4.78, 5) is 0. The fraction of sp³-hybridized carbons (Fsp3) is 0.357. The van der Waals surface area contributed by atoms with Crippen LogP contribution in [0.3, 0.4) is 0 Å². The molecule has 0 spiro atoms. The standard InChI is InChI=1S/C14H18BrN3O/c1-4-18-14(12(19-3)8-17-18)13(16)10-6-5-9(2)7-11(10)15/h5-8,13H,4,16H2,1-3H3. The topological polar surface area (TPSA) is 53.1 Å². The number of aromatic nitrogens is 2. The van der Waals surface area contributed by atoms with Gasteiger partial charge in [0.25, 0.3) is 0 Å². The van der Waals surface area contributed by atoms with Crippen molar-refractivity contribution in [1.29, 1.82) is 0 Å². The highest BCUT2D eigenvalue weighted by Gasteiger charge is 2.21. The molecule has 2 rings (SSSR count). The number of nitrogens with zero attached hydrogens (tertiary/aromatic N) is 2. The van der Waals surface area contributed by atoms with Crippen LogP contribution < -0.4 is 10.5 Å². The zero-order chi connectivity index (χ0) is 14.0. The SMILES string of the molecule is CCn1ncc(OC)c1C(N)c1ccc(C)cc1Br. The molecule has 0 aliphatic heterocycles. The molecule has 4 nitrogen and oxygen atoms in total. The van der Waals surface area contributed by atoms with Crippen LogP contribution >= 0.6 is 15.9 Å². The Labute approximate surface area is 121 Å². The second-order valence-electron chi connectivity index (χ2n) is 4.42. The fourth-order valence-corrected chi connectivity index (χ4v) is 2.87. The molecule has 0 aliphatic rings. The highest BCUT2D eigenvalue weighted by molar-refractivity contribution is 9.10. The zero-order valence-electron chi connectivity index (χ0n) is 11.4. The van der Waals surface area contributed by atoms with Crippen LogP contribution in [0.1, 0.15) is 29.8 Å². The minimum atomic E-state index is -0.271. The summed E-state index contributed by atoms with van der Waals surface area (Å²) >= 11 is 3.58. The van der Waals surface area contributed by atoms with Crippen LogP contribution in [0, 0.1) is 6.92 Å². The van der Waals surface area contributed by atoms with Gasteiger partial charge in [0.05, 0.1) is 19.3 Å². The summed E-state index contributed by atoms with van der Waals surface area (Å²) in [5.74, 6) is 0.724. The molecule has 0 radical (unpaired) electrons. The molecular weight excluding hydrogens is 306 g/mol. The molecule has 1 heterocycles. The van der Waals surface area contributed by atoms with Gasteiger partial charge in [0.2, 0.25) is 0 Å². The lowest BCUT2D eigenvalue weighted by molar-refractivity contribution is 0.404. The maximum Gasteiger partial charge on any atom is 0.161 e. The van der Waals surface area contributed by atoms with E-state index in [1.165, 1.54) is 5.56 Å². The summed E-state index contributed by atoms with van der Waals surface area (Å²) < 4.78 is 8.23. The summed E-state index contributed by atoms with van der Waals surface area (Å²) in [6.07, 6.45) is 1.71. The third kappa shape index (κ3) is 2.67. The number of rotatable bonds is 4. The molecule has 5 heteroatoms. The van der Waals surface area contributed by atoms with Crippen LogP contribution in [0.25, 0.3) is 0 Å². The lowest BCUT2D eigenvalue weighted by Crippen LogP contribution is -2.18. The van der Waals surface area contributed by atoms with Crippen molar-refractivity contribution in [1.82, 2.24) is 9.78 Å². The van der Waals surface area contributed by atoms with Gasteiger partial charge in [-0.05, 0) is 31.0 Å². The van der Waals surface area contributed by atoms with Gasteiger partial charge in [0.15, 0.2) is 5.75 Å². The molecule has 1 aromatic heterocycles. The van der Waals surface area contributed by atoms with Gasteiger partial charge >= 0.3 is 0 Å². The number of benzene rings is 1. The van der Waals surface area contributed by atoms with E-state index in [1.54, 1.807) is 13.3 Å². The van der Waals surface area contributed by atoms with E-state index < -0.39 is 0 Å². The molecule has 2 aromatic rings. The predicted molar refractivity (Wildman–Crippen MR) is 79.4 cm³/mol. The van der Waals surface area contributed by atoms with Gasteiger partial charge in [-0.1, -0.05) is 28.1 Å². The Balaban J connectivity index is 2.48. The van der Waals surface area contributed by atoms with Crippen molar-refractivity contribution in [3.05, 3.63) is 45.7 Å². The van der Waals surface area contributed by atoms with E-state index in [2.05, 4.69) is 40.1 Å². The summed E-state index contributed by atoms with van der Waals surface area (Å²) in [5, 5.41) is 4.30. The van der Waals surface area contributed by atoms with E-state index in [-0.39, 0.29) is 6.04 Å².